The minimum Gasteiger partial charge on any atom is -0.399 e. The van der Waals surface area contributed by atoms with Gasteiger partial charge in [-0.2, -0.15) is 30.7 Å². The second-order valence-corrected chi connectivity index (χ2v) is 7.14. The zero-order valence-corrected chi connectivity index (χ0v) is 17.6. The van der Waals surface area contributed by atoms with E-state index in [9.17, 15) is 0 Å². The van der Waals surface area contributed by atoms with Gasteiger partial charge in [-0.1, -0.05) is 11.6 Å². The Bertz CT molecular complexity index is 1150. The molecule has 0 atom stereocenters. The van der Waals surface area contributed by atoms with Crippen molar-refractivity contribution in [1.29, 1.82) is 0 Å². The number of hydrogen-bond donors (Lipinski definition) is 1. The third kappa shape index (κ3) is 6.13. The number of nitrogens with zero attached hydrogens (tertiary/aromatic N) is 6. The molecule has 0 fully saturated rings. The maximum atomic E-state index is 5.87. The van der Waals surface area contributed by atoms with Crippen LogP contribution in [0.2, 0.25) is 5.02 Å². The number of nitrogen functional groups attached to an aromatic ring is 1. The summed E-state index contributed by atoms with van der Waals surface area (Å²) in [6.07, 6.45) is 0. The summed E-state index contributed by atoms with van der Waals surface area (Å²) in [5.74, 6) is 0. The Morgan fingerprint density at radius 2 is 0.594 bits per heavy atom. The van der Waals surface area contributed by atoms with E-state index in [1.54, 1.807) is 36.4 Å². The van der Waals surface area contributed by atoms with Crippen LogP contribution in [0.5, 0.6) is 0 Å². The third-order valence-corrected chi connectivity index (χ3v) is 4.51. The quantitative estimate of drug-likeness (QED) is 0.235. The molecule has 4 aromatic carbocycles. The van der Waals surface area contributed by atoms with Crippen molar-refractivity contribution in [3.05, 3.63) is 102 Å². The summed E-state index contributed by atoms with van der Waals surface area (Å²) < 4.78 is 0. The third-order valence-electron chi connectivity index (χ3n) is 4.26. The van der Waals surface area contributed by atoms with Crippen molar-refractivity contribution in [3.63, 3.8) is 0 Å². The van der Waals surface area contributed by atoms with Crippen LogP contribution in [0.1, 0.15) is 0 Å². The van der Waals surface area contributed by atoms with Gasteiger partial charge in [0, 0.05) is 10.7 Å². The van der Waals surface area contributed by atoms with E-state index >= 15 is 0 Å². The zero-order valence-electron chi connectivity index (χ0n) is 16.9. The first-order chi connectivity index (χ1) is 15.6. The first kappa shape index (κ1) is 21.0. The molecule has 0 amide bonds. The second kappa shape index (κ2) is 10.2. The van der Waals surface area contributed by atoms with Gasteiger partial charge < -0.3 is 5.73 Å². The average Bonchev–Trinajstić information content (AvgIpc) is 2.83. The van der Waals surface area contributed by atoms with E-state index < -0.39 is 0 Å². The molecule has 0 aliphatic rings. The van der Waals surface area contributed by atoms with Crippen LogP contribution in [0.15, 0.2) is 128 Å². The van der Waals surface area contributed by atoms with Gasteiger partial charge in [-0.25, -0.2) is 0 Å². The molecule has 7 nitrogen and oxygen atoms in total. The van der Waals surface area contributed by atoms with Crippen LogP contribution in [0, 0.1) is 0 Å². The number of halogens is 1. The lowest BCUT2D eigenvalue weighted by atomic mass is 10.3. The van der Waals surface area contributed by atoms with E-state index in [-0.39, 0.29) is 0 Å². The monoisotopic (exact) mass is 439 g/mol. The molecular weight excluding hydrogens is 422 g/mol. The second-order valence-electron chi connectivity index (χ2n) is 6.70. The Morgan fingerprint density at radius 3 is 0.875 bits per heavy atom. The lowest BCUT2D eigenvalue weighted by Crippen LogP contribution is -1.80. The first-order valence-electron chi connectivity index (χ1n) is 9.70. The highest BCUT2D eigenvalue weighted by Gasteiger charge is 1.96. The van der Waals surface area contributed by atoms with Crippen molar-refractivity contribution < 1.29 is 0 Å². The molecule has 0 aliphatic carbocycles. The van der Waals surface area contributed by atoms with Crippen molar-refractivity contribution in [1.82, 2.24) is 0 Å². The molecule has 4 aromatic rings. The van der Waals surface area contributed by atoms with Crippen LogP contribution in [-0.2, 0) is 0 Å². The highest BCUT2D eigenvalue weighted by molar-refractivity contribution is 6.30. The van der Waals surface area contributed by atoms with Gasteiger partial charge in [0.05, 0.1) is 34.1 Å². The summed E-state index contributed by atoms with van der Waals surface area (Å²) in [7, 11) is 0. The highest BCUT2D eigenvalue weighted by atomic mass is 35.5. The standard InChI is InChI=1S/C24H18ClN7/c25-17-1-5-19(6-2-17)27-29-21-9-13-23(14-10-21)31-32-24-15-11-22(12-16-24)30-28-20-7-3-18(26)4-8-20/h1-16H,26H2. The fraction of sp³-hybridized carbons (Fsp3) is 0. The number of rotatable bonds is 6. The van der Waals surface area contributed by atoms with Gasteiger partial charge in [0.15, 0.2) is 0 Å². The van der Waals surface area contributed by atoms with Gasteiger partial charge in [-0.05, 0) is 97.1 Å². The Kier molecular flexibility index (Phi) is 6.69. The van der Waals surface area contributed by atoms with Gasteiger partial charge >= 0.3 is 0 Å². The van der Waals surface area contributed by atoms with Gasteiger partial charge in [-0.3, -0.25) is 0 Å². The molecule has 0 heterocycles. The molecule has 0 saturated heterocycles. The number of nitrogens with two attached hydrogens (primary N) is 1. The van der Waals surface area contributed by atoms with E-state index in [1.807, 2.05) is 60.7 Å². The number of anilines is 1. The fourth-order valence-electron chi connectivity index (χ4n) is 2.57. The van der Waals surface area contributed by atoms with Crippen LogP contribution in [0.25, 0.3) is 0 Å². The van der Waals surface area contributed by atoms with Gasteiger partial charge in [-0.15, -0.1) is 0 Å². The van der Waals surface area contributed by atoms with E-state index in [1.165, 1.54) is 0 Å². The Morgan fingerprint density at radius 1 is 0.375 bits per heavy atom. The van der Waals surface area contributed by atoms with Gasteiger partial charge in [0.2, 0.25) is 0 Å². The summed E-state index contributed by atoms with van der Waals surface area (Å²) in [5, 5.41) is 25.9. The maximum absolute atomic E-state index is 5.87. The molecule has 32 heavy (non-hydrogen) atoms. The largest absolute Gasteiger partial charge is 0.399 e. The van der Waals surface area contributed by atoms with Crippen molar-refractivity contribution >= 4 is 51.4 Å². The number of benzene rings is 4. The predicted molar refractivity (Wildman–Crippen MR) is 128 cm³/mol. The summed E-state index contributed by atoms with van der Waals surface area (Å²) in [6, 6.07) is 29.0. The molecule has 0 radical (unpaired) electrons. The van der Waals surface area contributed by atoms with E-state index in [0.29, 0.717) is 22.1 Å². The molecule has 4 rings (SSSR count). The summed E-state index contributed by atoms with van der Waals surface area (Å²) in [5.41, 5.74) is 10.7. The van der Waals surface area contributed by atoms with Gasteiger partial charge in [0.25, 0.3) is 0 Å². The minimum absolute atomic E-state index is 0.663. The van der Waals surface area contributed by atoms with Crippen molar-refractivity contribution in [2.24, 2.45) is 30.7 Å². The first-order valence-corrected chi connectivity index (χ1v) is 10.1. The van der Waals surface area contributed by atoms with Crippen molar-refractivity contribution in [3.8, 4) is 0 Å². The topological polar surface area (TPSA) is 100 Å². The van der Waals surface area contributed by atoms with Gasteiger partial charge in [0.1, 0.15) is 0 Å². The molecule has 0 saturated carbocycles. The lowest BCUT2D eigenvalue weighted by Gasteiger charge is -1.97. The minimum atomic E-state index is 0.663. The smallest absolute Gasteiger partial charge is 0.0858 e. The molecular formula is C24H18ClN7. The fourth-order valence-corrected chi connectivity index (χ4v) is 2.69. The molecule has 156 valence electrons. The molecule has 0 aromatic heterocycles. The van der Waals surface area contributed by atoms with Crippen molar-refractivity contribution in [2.45, 2.75) is 0 Å². The average molecular weight is 440 g/mol. The van der Waals surface area contributed by atoms with Crippen LogP contribution in [0.3, 0.4) is 0 Å². The normalized spacial score (nSPS) is 11.7. The molecule has 0 aliphatic heterocycles. The van der Waals surface area contributed by atoms with Crippen LogP contribution >= 0.6 is 11.6 Å². The Balaban J connectivity index is 1.35. The Hall–Kier alpha value is -4.23. The molecule has 0 spiro atoms. The molecule has 2 N–H and O–H groups in total. The SMILES string of the molecule is Nc1ccc(N=Nc2ccc(N=Nc3ccc(N=Nc4ccc(Cl)cc4)cc3)cc2)cc1. The lowest BCUT2D eigenvalue weighted by molar-refractivity contribution is 1.20. The van der Waals surface area contributed by atoms with Crippen LogP contribution in [0.4, 0.5) is 39.8 Å². The maximum Gasteiger partial charge on any atom is 0.0858 e. The van der Waals surface area contributed by atoms with Crippen molar-refractivity contribution in [2.75, 3.05) is 5.73 Å². The van der Waals surface area contributed by atoms with Crippen LogP contribution in [-0.4, -0.2) is 0 Å². The Labute approximate surface area is 190 Å². The summed E-state index contributed by atoms with van der Waals surface area (Å²) in [6.45, 7) is 0. The predicted octanol–water partition coefficient (Wildman–Crippen LogP) is 9.17. The molecule has 0 bridgehead atoms. The number of azo groups is 3. The molecule has 0 unspecified atom stereocenters. The van der Waals surface area contributed by atoms with E-state index in [2.05, 4.69) is 30.7 Å². The number of hydrogen-bond acceptors (Lipinski definition) is 7. The van der Waals surface area contributed by atoms with E-state index in [4.69, 9.17) is 17.3 Å². The molecule has 8 heteroatoms. The van der Waals surface area contributed by atoms with Crippen LogP contribution < -0.4 is 5.73 Å². The zero-order chi connectivity index (χ0) is 22.2. The summed E-state index contributed by atoms with van der Waals surface area (Å²) in [4.78, 5) is 0. The van der Waals surface area contributed by atoms with E-state index in [0.717, 1.165) is 22.7 Å². The summed E-state index contributed by atoms with van der Waals surface area (Å²) >= 11 is 5.87. The highest BCUT2D eigenvalue weighted by Crippen LogP contribution is 2.26.